The normalized spacial score (nSPS) is 26.1. The summed E-state index contributed by atoms with van der Waals surface area (Å²) in [6, 6.07) is 7.01. The topological polar surface area (TPSA) is 32.3 Å². The Labute approximate surface area is 127 Å². The third-order valence-corrected chi connectivity index (χ3v) is 5.07. The number of aryl methyl sites for hydroxylation is 2. The Morgan fingerprint density at radius 3 is 2.57 bits per heavy atom. The lowest BCUT2D eigenvalue weighted by Gasteiger charge is -2.39. The van der Waals surface area contributed by atoms with Crippen molar-refractivity contribution in [1.29, 1.82) is 0 Å². The zero-order valence-electron chi connectivity index (χ0n) is 13.2. The summed E-state index contributed by atoms with van der Waals surface area (Å²) in [4.78, 5) is 15.3. The smallest absolute Gasteiger partial charge is 0.254 e. The Bertz CT molecular complexity index is 500. The van der Waals surface area contributed by atoms with Gasteiger partial charge in [-0.05, 0) is 63.6 Å². The average Bonchev–Trinajstić information content (AvgIpc) is 3.01. The molecule has 3 rings (SSSR count). The fraction of sp³-hybridized carbons (Fsp3) is 0.611. The van der Waals surface area contributed by atoms with E-state index in [2.05, 4.69) is 10.2 Å². The van der Waals surface area contributed by atoms with E-state index in [0.717, 1.165) is 42.6 Å². The number of amides is 1. The Morgan fingerprint density at radius 2 is 1.90 bits per heavy atom. The number of carbonyl (C=O) groups excluding carboxylic acids is 1. The fourth-order valence-electron chi connectivity index (χ4n) is 3.96. The van der Waals surface area contributed by atoms with Crippen LogP contribution in [0.15, 0.2) is 18.2 Å². The lowest BCUT2D eigenvalue weighted by molar-refractivity contribution is 0.0562. The van der Waals surface area contributed by atoms with Crippen LogP contribution in [0.25, 0.3) is 0 Å². The van der Waals surface area contributed by atoms with Crippen LogP contribution in [-0.2, 0) is 0 Å². The minimum Gasteiger partial charge on any atom is -0.334 e. The molecule has 1 aromatic carbocycles. The third-order valence-electron chi connectivity index (χ3n) is 5.07. The van der Waals surface area contributed by atoms with Gasteiger partial charge in [-0.1, -0.05) is 18.2 Å². The van der Waals surface area contributed by atoms with Crippen LogP contribution in [-0.4, -0.2) is 36.0 Å². The van der Waals surface area contributed by atoms with Gasteiger partial charge >= 0.3 is 0 Å². The second kappa shape index (κ2) is 6.18. The number of likely N-dealkylation sites (tertiary alicyclic amines) is 1. The van der Waals surface area contributed by atoms with E-state index < -0.39 is 0 Å². The predicted molar refractivity (Wildman–Crippen MR) is 85.6 cm³/mol. The van der Waals surface area contributed by atoms with Crippen LogP contribution < -0.4 is 5.32 Å². The molecule has 21 heavy (non-hydrogen) atoms. The molecule has 2 aliphatic rings. The summed E-state index contributed by atoms with van der Waals surface area (Å²) in [6.07, 6.45) is 5.99. The molecule has 2 saturated heterocycles. The van der Waals surface area contributed by atoms with Crippen LogP contribution in [0.5, 0.6) is 0 Å². The molecule has 0 spiro atoms. The van der Waals surface area contributed by atoms with Crippen LogP contribution in [0.4, 0.5) is 0 Å². The highest BCUT2D eigenvalue weighted by atomic mass is 16.2. The summed E-state index contributed by atoms with van der Waals surface area (Å²) < 4.78 is 0. The van der Waals surface area contributed by atoms with Gasteiger partial charge in [0.1, 0.15) is 0 Å². The summed E-state index contributed by atoms with van der Waals surface area (Å²) in [7, 11) is 0. The van der Waals surface area contributed by atoms with Crippen LogP contribution in [0.2, 0.25) is 0 Å². The molecule has 1 amide bonds. The first-order chi connectivity index (χ1) is 10.2. The number of benzene rings is 1. The Kier molecular flexibility index (Phi) is 4.29. The van der Waals surface area contributed by atoms with Crippen LogP contribution in [0.1, 0.15) is 53.6 Å². The largest absolute Gasteiger partial charge is 0.334 e. The van der Waals surface area contributed by atoms with Crippen molar-refractivity contribution in [3.8, 4) is 0 Å². The summed E-state index contributed by atoms with van der Waals surface area (Å²) in [5, 5.41) is 3.60. The van der Waals surface area contributed by atoms with Gasteiger partial charge in [0.25, 0.3) is 5.91 Å². The van der Waals surface area contributed by atoms with Gasteiger partial charge in [0.2, 0.25) is 0 Å². The molecule has 3 heteroatoms. The van der Waals surface area contributed by atoms with Crippen LogP contribution in [0.3, 0.4) is 0 Å². The second-order valence-electron chi connectivity index (χ2n) is 6.53. The van der Waals surface area contributed by atoms with E-state index >= 15 is 0 Å². The maximum atomic E-state index is 13.1. The molecule has 1 N–H and O–H groups in total. The first-order valence-electron chi connectivity index (χ1n) is 8.29. The van der Waals surface area contributed by atoms with Crippen molar-refractivity contribution < 1.29 is 4.79 Å². The lowest BCUT2D eigenvalue weighted by atomic mass is 9.92. The zero-order valence-corrected chi connectivity index (χ0v) is 13.2. The standard InChI is InChI=1S/C18H26N2O/c1-13-7-5-8-14(2)17(13)18(21)20-12-4-3-10-16(20)15-9-6-11-19-15/h5,7-8,15-16,19H,3-4,6,9-12H2,1-2H3. The maximum absolute atomic E-state index is 13.1. The number of nitrogens with one attached hydrogen (secondary N) is 1. The summed E-state index contributed by atoms with van der Waals surface area (Å²) in [6.45, 7) is 6.11. The highest BCUT2D eigenvalue weighted by molar-refractivity contribution is 5.97. The Balaban J connectivity index is 1.87. The molecular weight excluding hydrogens is 260 g/mol. The lowest BCUT2D eigenvalue weighted by Crippen LogP contribution is -2.52. The van der Waals surface area contributed by atoms with Crippen molar-refractivity contribution in [3.05, 3.63) is 34.9 Å². The molecule has 1 aromatic rings. The van der Waals surface area contributed by atoms with E-state index in [1.165, 1.54) is 19.3 Å². The van der Waals surface area contributed by atoms with Crippen LogP contribution in [0, 0.1) is 13.8 Å². The van der Waals surface area contributed by atoms with Gasteiger partial charge in [-0.15, -0.1) is 0 Å². The SMILES string of the molecule is Cc1cccc(C)c1C(=O)N1CCCCC1C1CCCN1. The van der Waals surface area contributed by atoms with Crippen LogP contribution >= 0.6 is 0 Å². The van der Waals surface area contributed by atoms with Crippen molar-refractivity contribution in [2.75, 3.05) is 13.1 Å². The monoisotopic (exact) mass is 286 g/mol. The zero-order chi connectivity index (χ0) is 14.8. The highest BCUT2D eigenvalue weighted by Gasteiger charge is 2.35. The van der Waals surface area contributed by atoms with Crippen molar-refractivity contribution >= 4 is 5.91 Å². The number of nitrogens with zero attached hydrogens (tertiary/aromatic N) is 1. The van der Waals surface area contributed by atoms with Gasteiger partial charge in [-0.3, -0.25) is 4.79 Å². The van der Waals surface area contributed by atoms with Crippen molar-refractivity contribution in [2.24, 2.45) is 0 Å². The highest BCUT2D eigenvalue weighted by Crippen LogP contribution is 2.27. The molecule has 114 valence electrons. The van der Waals surface area contributed by atoms with E-state index in [1.54, 1.807) is 0 Å². The van der Waals surface area contributed by atoms with E-state index in [9.17, 15) is 4.79 Å². The van der Waals surface area contributed by atoms with Gasteiger partial charge in [-0.25, -0.2) is 0 Å². The minimum atomic E-state index is 0.240. The summed E-state index contributed by atoms with van der Waals surface area (Å²) >= 11 is 0. The second-order valence-corrected chi connectivity index (χ2v) is 6.53. The van der Waals surface area contributed by atoms with E-state index in [0.29, 0.717) is 12.1 Å². The number of hydrogen-bond donors (Lipinski definition) is 1. The molecule has 2 fully saturated rings. The Hall–Kier alpha value is -1.35. The quantitative estimate of drug-likeness (QED) is 0.906. The fourth-order valence-corrected chi connectivity index (χ4v) is 3.96. The number of piperidine rings is 1. The maximum Gasteiger partial charge on any atom is 0.254 e. The minimum absolute atomic E-state index is 0.240. The van der Waals surface area contributed by atoms with Crippen molar-refractivity contribution in [3.63, 3.8) is 0 Å². The molecule has 0 aromatic heterocycles. The average molecular weight is 286 g/mol. The van der Waals surface area contributed by atoms with Crippen molar-refractivity contribution in [1.82, 2.24) is 10.2 Å². The third kappa shape index (κ3) is 2.84. The molecule has 2 aliphatic heterocycles. The number of hydrogen-bond acceptors (Lipinski definition) is 2. The van der Waals surface area contributed by atoms with Gasteiger partial charge in [0.15, 0.2) is 0 Å². The first kappa shape index (κ1) is 14.6. The van der Waals surface area contributed by atoms with Crippen molar-refractivity contribution in [2.45, 2.75) is 58.0 Å². The molecule has 2 atom stereocenters. The van der Waals surface area contributed by atoms with Gasteiger partial charge in [-0.2, -0.15) is 0 Å². The summed E-state index contributed by atoms with van der Waals surface area (Å²) in [5.41, 5.74) is 3.12. The first-order valence-corrected chi connectivity index (χ1v) is 8.29. The summed E-state index contributed by atoms with van der Waals surface area (Å²) in [5.74, 6) is 0.240. The van der Waals surface area contributed by atoms with E-state index in [-0.39, 0.29) is 5.91 Å². The molecule has 0 aliphatic carbocycles. The molecule has 0 saturated carbocycles. The molecule has 0 bridgehead atoms. The number of rotatable bonds is 2. The van der Waals surface area contributed by atoms with E-state index in [1.807, 2.05) is 32.0 Å². The van der Waals surface area contributed by atoms with Gasteiger partial charge < -0.3 is 10.2 Å². The molecule has 2 heterocycles. The number of carbonyl (C=O) groups is 1. The molecule has 3 nitrogen and oxygen atoms in total. The van der Waals surface area contributed by atoms with E-state index in [4.69, 9.17) is 0 Å². The molecule has 0 radical (unpaired) electrons. The van der Waals surface area contributed by atoms with Gasteiger partial charge in [0, 0.05) is 24.2 Å². The molecule has 2 unspecified atom stereocenters. The molecular formula is C18H26N2O. The predicted octanol–water partition coefficient (Wildman–Crippen LogP) is 3.05. The Morgan fingerprint density at radius 1 is 1.14 bits per heavy atom. The van der Waals surface area contributed by atoms with Gasteiger partial charge in [0.05, 0.1) is 0 Å².